The minimum atomic E-state index is -1.45. The Morgan fingerprint density at radius 2 is 0.543 bits per heavy atom. The van der Waals surface area contributed by atoms with Crippen LogP contribution in [-0.4, -0.2) is 512 Å². The van der Waals surface area contributed by atoms with Gasteiger partial charge >= 0.3 is 5.97 Å². The van der Waals surface area contributed by atoms with Crippen LogP contribution in [-0.2, 0) is 171 Å². The third-order valence-corrected chi connectivity index (χ3v) is 21.7. The molecule has 8 rings (SSSR count). The average molecular weight is 1990 g/mol. The third-order valence-electron chi connectivity index (χ3n) is 21.7. The minimum absolute atomic E-state index is 0.00108. The van der Waals surface area contributed by atoms with Crippen molar-refractivity contribution in [3.8, 4) is 0 Å². The van der Waals surface area contributed by atoms with Crippen LogP contribution >= 0.6 is 0 Å². The van der Waals surface area contributed by atoms with Gasteiger partial charge < -0.3 is 182 Å². The molecule has 4 aliphatic rings. The second kappa shape index (κ2) is 65.7. The molecule has 56 heteroatoms. The molecule has 4 aromatic heterocycles. The minimum Gasteiger partial charge on any atom is -0.480 e. The number of hydrogen-bond donors (Lipinski definition) is 17. The van der Waals surface area contributed by atoms with Crippen LogP contribution in [0.4, 0.5) is 0 Å². The number of unbranched alkanes of at least 4 members (excludes halogenated alkanes) is 1. The lowest BCUT2D eigenvalue weighted by atomic mass is 9.97. The van der Waals surface area contributed by atoms with E-state index in [9.17, 15) is 90.4 Å². The van der Waals surface area contributed by atoms with Crippen molar-refractivity contribution >= 4 is 29.6 Å². The summed E-state index contributed by atoms with van der Waals surface area (Å²) in [6.07, 6.45) is -12.5. The second-order valence-electron chi connectivity index (χ2n) is 32.4. The summed E-state index contributed by atoms with van der Waals surface area (Å²) in [5.41, 5.74) is 2.20. The lowest BCUT2D eigenvalue weighted by Gasteiger charge is -2.42. The van der Waals surface area contributed by atoms with Crippen molar-refractivity contribution in [3.05, 3.63) is 47.6 Å². The average Bonchev–Trinajstić information content (AvgIpc) is 1.01. The van der Waals surface area contributed by atoms with Gasteiger partial charge in [-0.25, -0.2) is 18.7 Å². The monoisotopic (exact) mass is 1990 g/mol. The molecule has 0 aromatic carbocycles. The maximum Gasteiger partial charge on any atom is 0.320 e. The van der Waals surface area contributed by atoms with Gasteiger partial charge in [-0.15, -0.1) is 20.4 Å². The highest BCUT2D eigenvalue weighted by Gasteiger charge is 2.49. The highest BCUT2D eigenvalue weighted by molar-refractivity contribution is 5.75. The molecular formula is C82H142N18O38. The number of carboxylic acid groups (broad SMARTS) is 1. The number of aromatic nitrogens is 12. The van der Waals surface area contributed by atoms with E-state index in [2.05, 4.69) is 67.4 Å². The van der Waals surface area contributed by atoms with E-state index in [1.807, 2.05) is 12.4 Å². The normalized spacial score (nSPS) is 25.4. The first kappa shape index (κ1) is 116. The predicted octanol–water partition coefficient (Wildman–Crippen LogP) is -10.6. The van der Waals surface area contributed by atoms with Crippen LogP contribution in [0.25, 0.3) is 0 Å². The summed E-state index contributed by atoms with van der Waals surface area (Å²) in [5.74, 6) is -3.00. The fraction of sp³-hybridized carbons (Fsp3) is 0.841. The summed E-state index contributed by atoms with van der Waals surface area (Å²) in [7, 11) is 0. The van der Waals surface area contributed by atoms with Crippen molar-refractivity contribution in [3.63, 3.8) is 0 Å². The van der Waals surface area contributed by atoms with Gasteiger partial charge in [0.05, 0.1) is 260 Å². The number of ether oxygens (including phenoxy) is 20. The number of nitrogens with zero attached hydrogens (tertiary/aromatic N) is 14. The molecular weight excluding hydrogens is 1840 g/mol. The Kier molecular flexibility index (Phi) is 55.1. The number of rotatable bonds is 75. The van der Waals surface area contributed by atoms with Gasteiger partial charge in [0.1, 0.15) is 103 Å². The molecule has 0 radical (unpaired) electrons. The van der Waals surface area contributed by atoms with Crippen LogP contribution in [0.3, 0.4) is 0 Å². The molecule has 4 fully saturated rings. The van der Waals surface area contributed by atoms with Crippen molar-refractivity contribution in [1.82, 2.24) is 91.0 Å². The summed E-state index contributed by atoms with van der Waals surface area (Å²) >= 11 is 0. The summed E-state index contributed by atoms with van der Waals surface area (Å²) in [6.45, 7) is 10.3. The predicted molar refractivity (Wildman–Crippen MR) is 464 cm³/mol. The molecule has 8 heterocycles. The molecule has 4 aromatic rings. The molecule has 4 saturated heterocycles. The van der Waals surface area contributed by atoms with Crippen LogP contribution in [0.5, 0.6) is 0 Å². The number of aliphatic hydroxyl groups excluding tert-OH is 12. The van der Waals surface area contributed by atoms with Gasteiger partial charge in [0.2, 0.25) is 23.6 Å². The second-order valence-corrected chi connectivity index (χ2v) is 32.4. The number of amides is 4. The van der Waals surface area contributed by atoms with Crippen LogP contribution in [0, 0.1) is 0 Å². The lowest BCUT2D eigenvalue weighted by molar-refractivity contribution is -0.272. The van der Waals surface area contributed by atoms with Crippen LogP contribution < -0.4 is 21.3 Å². The Labute approximate surface area is 796 Å². The SMILES string of the molecule is CC(=O)NC1C(OCCOCCOCCOCCn2cc(CN(CCCC[C@@H](C(=O)O)N(Cc3cn(CCOCCOCCOCCOC4OC(CO)C(O)C(O)C4NC(C)=O)nn3)Cc3cn(CCOCCOCCOCCOC4OC(CO)C(O)C(O)C4NC(C)=O)nn3)Cc3cn(CCOCCOCCOCCOC4OC(CO)C(O)C(O)C4NC(C)=O)nn3)nn2)OC(CO)C(O)C1O. The number of nitrogens with one attached hydrogen (secondary N) is 4. The van der Waals surface area contributed by atoms with E-state index in [1.165, 1.54) is 27.7 Å². The zero-order valence-corrected chi connectivity index (χ0v) is 78.3. The molecule has 21 atom stereocenters. The van der Waals surface area contributed by atoms with E-state index in [0.717, 1.165) is 0 Å². The van der Waals surface area contributed by atoms with Crippen molar-refractivity contribution in [2.75, 3.05) is 218 Å². The first-order chi connectivity index (χ1) is 66.8. The van der Waals surface area contributed by atoms with E-state index in [-0.39, 0.29) is 205 Å². The quantitative estimate of drug-likeness (QED) is 0.0183. The van der Waals surface area contributed by atoms with Gasteiger partial charge in [-0.05, 0) is 19.4 Å². The fourth-order valence-electron chi connectivity index (χ4n) is 14.7. The molecule has 0 saturated carbocycles. The van der Waals surface area contributed by atoms with Gasteiger partial charge in [0, 0.05) is 78.7 Å². The van der Waals surface area contributed by atoms with Crippen molar-refractivity contribution < 1.29 is 185 Å². The van der Waals surface area contributed by atoms with Crippen molar-refractivity contribution in [1.29, 1.82) is 0 Å². The first-order valence-electron chi connectivity index (χ1n) is 46.0. The van der Waals surface area contributed by atoms with Crippen LogP contribution in [0.1, 0.15) is 69.7 Å². The highest BCUT2D eigenvalue weighted by atomic mass is 16.7. The molecule has 17 N–H and O–H groups in total. The Bertz CT molecular complexity index is 3740. The van der Waals surface area contributed by atoms with Crippen LogP contribution in [0.15, 0.2) is 24.8 Å². The maximum absolute atomic E-state index is 13.6. The number of hydrogen-bond acceptors (Lipinski definition) is 47. The third kappa shape index (κ3) is 41.8. The Morgan fingerprint density at radius 1 is 0.326 bits per heavy atom. The Balaban J connectivity index is 0.810. The first-order valence-corrected chi connectivity index (χ1v) is 46.0. The summed E-state index contributed by atoms with van der Waals surface area (Å²) in [4.78, 5) is 64.6. The smallest absolute Gasteiger partial charge is 0.320 e. The van der Waals surface area contributed by atoms with Gasteiger partial charge in [0.25, 0.3) is 0 Å². The van der Waals surface area contributed by atoms with Gasteiger partial charge in [-0.1, -0.05) is 27.3 Å². The summed E-state index contributed by atoms with van der Waals surface area (Å²) < 4.78 is 120. The molecule has 56 nitrogen and oxygen atoms in total. The molecule has 0 bridgehead atoms. The zero-order chi connectivity index (χ0) is 99.4. The molecule has 20 unspecified atom stereocenters. The van der Waals surface area contributed by atoms with E-state index in [4.69, 9.17) is 94.7 Å². The van der Waals surface area contributed by atoms with E-state index < -0.39 is 185 Å². The number of carboxylic acids is 1. The zero-order valence-electron chi connectivity index (χ0n) is 78.3. The molecule has 138 heavy (non-hydrogen) atoms. The highest BCUT2D eigenvalue weighted by Crippen LogP contribution is 2.28. The molecule has 0 spiro atoms. The van der Waals surface area contributed by atoms with E-state index in [1.54, 1.807) is 36.0 Å². The van der Waals surface area contributed by atoms with Gasteiger partial charge in [-0.2, -0.15) is 0 Å². The molecule has 4 aliphatic heterocycles. The largest absolute Gasteiger partial charge is 0.480 e. The van der Waals surface area contributed by atoms with Crippen molar-refractivity contribution in [2.45, 2.75) is 228 Å². The molecule has 788 valence electrons. The Hall–Kier alpha value is -7.45. The Morgan fingerprint density at radius 3 is 0.761 bits per heavy atom. The number of carbonyl (C=O) groups excluding carboxylic acids is 4. The fourth-order valence-corrected chi connectivity index (χ4v) is 14.7. The maximum atomic E-state index is 13.6. The topological polar surface area (TPSA) is 710 Å². The van der Waals surface area contributed by atoms with Crippen molar-refractivity contribution in [2.24, 2.45) is 0 Å². The number of aliphatic hydroxyl groups is 12. The molecule has 4 amide bonds. The van der Waals surface area contributed by atoms with Gasteiger partial charge in [-0.3, -0.25) is 33.8 Å². The van der Waals surface area contributed by atoms with E-state index >= 15 is 0 Å². The van der Waals surface area contributed by atoms with Crippen LogP contribution in [0.2, 0.25) is 0 Å². The lowest BCUT2D eigenvalue weighted by Crippen LogP contribution is -2.64. The number of aliphatic carboxylic acids is 1. The summed E-state index contributed by atoms with van der Waals surface area (Å²) in [6, 6.07) is -5.38. The summed E-state index contributed by atoms with van der Waals surface area (Å²) in [5, 5.41) is 178. The number of carbonyl (C=O) groups is 5. The van der Waals surface area contributed by atoms with E-state index in [0.29, 0.717) is 81.4 Å². The standard InChI is InChI=1S/C82H142N18O38/c1-53(105)83-66-74(113)70(109)62(49-101)135-79(66)131-37-33-127-29-25-123-21-17-119-13-9-97-45-57(87-91-97)41-95(42-58-46-98(92-88-58)10-14-120-18-22-124-26-30-128-34-38-132-80-67(84-54(2)106)75(114)71(110)63(50-102)136-80)8-6-5-7-61(78(117)118)96(43-59-47-99(93-89-59)11-15-121-19-23-125-27-31-129-35-39-133-81-68(85-55(3)107)76(115)72(111)64(51-103)137-81)44-60-48-100(94-90-60)12-16-122-20-24-126-28-32-130-36-40-134-82-69(86-56(4)108)77(116)73(112)65(52-104)138-82/h45-48,61-77,79-82,101-104,109-116H,5-44,49-52H2,1-4H3,(H,83,105)(H,84,106)(H,85,107)(H,86,108)(H,117,118)/t61-,62?,63?,64?,65?,66?,67?,68?,69?,70?,71?,72?,73?,74?,75?,76?,77?,79?,80?,81?,82?/m0/s1. The van der Waals surface area contributed by atoms with Gasteiger partial charge in [0.15, 0.2) is 25.2 Å². The molecule has 0 aliphatic carbocycles.